The highest BCUT2D eigenvalue weighted by atomic mass is 35.5. The van der Waals surface area contributed by atoms with E-state index in [1.165, 1.54) is 24.3 Å². The molecule has 0 bridgehead atoms. The molecule has 31 heavy (non-hydrogen) atoms. The maximum absolute atomic E-state index is 13.5. The zero-order valence-electron chi connectivity index (χ0n) is 16.4. The van der Waals surface area contributed by atoms with Crippen molar-refractivity contribution in [2.45, 2.75) is 6.92 Å². The summed E-state index contributed by atoms with van der Waals surface area (Å²) in [4.78, 5) is 25.9. The van der Waals surface area contributed by atoms with Crippen LogP contribution in [0.15, 0.2) is 71.1 Å². The molecule has 0 saturated carbocycles. The number of fused-ring (bicyclic) bond motifs is 1. The van der Waals surface area contributed by atoms with Crippen LogP contribution >= 0.6 is 11.6 Å². The van der Waals surface area contributed by atoms with E-state index in [1.54, 1.807) is 36.4 Å². The highest BCUT2D eigenvalue weighted by Gasteiger charge is 2.24. The second kappa shape index (κ2) is 8.62. The molecule has 0 aliphatic rings. The standard InChI is InChI=1S/C24H17ClFNO4/c1-2-30-20-11-10-14(13-18(20)25)22(28)23-21(17-8-3-4-9-19(17)31-23)27-24(29)15-6-5-7-16(26)12-15/h3-13H,2H2,1H3,(H,27,29). The summed E-state index contributed by atoms with van der Waals surface area (Å²) in [5.41, 5.74) is 1.03. The molecule has 1 heterocycles. The Labute approximate surface area is 182 Å². The van der Waals surface area contributed by atoms with Crippen molar-refractivity contribution in [3.63, 3.8) is 0 Å². The lowest BCUT2D eigenvalue weighted by molar-refractivity contribution is 0.101. The zero-order chi connectivity index (χ0) is 22.0. The number of para-hydroxylation sites is 1. The van der Waals surface area contributed by atoms with Crippen LogP contribution in [0.5, 0.6) is 5.75 Å². The fraction of sp³-hybridized carbons (Fsp3) is 0.0833. The van der Waals surface area contributed by atoms with Crippen LogP contribution in [-0.4, -0.2) is 18.3 Å². The quantitative estimate of drug-likeness (QED) is 0.370. The first kappa shape index (κ1) is 20.6. The Morgan fingerprint density at radius 3 is 2.58 bits per heavy atom. The third-order valence-corrected chi connectivity index (χ3v) is 4.92. The molecule has 1 aromatic heterocycles. The smallest absolute Gasteiger partial charge is 0.255 e. The molecule has 4 rings (SSSR count). The molecular weight excluding hydrogens is 421 g/mol. The van der Waals surface area contributed by atoms with Gasteiger partial charge in [0.25, 0.3) is 5.91 Å². The molecule has 0 atom stereocenters. The van der Waals surface area contributed by atoms with Crippen molar-refractivity contribution in [2.24, 2.45) is 0 Å². The van der Waals surface area contributed by atoms with Crippen molar-refractivity contribution in [1.82, 2.24) is 0 Å². The van der Waals surface area contributed by atoms with Gasteiger partial charge in [-0.25, -0.2) is 4.39 Å². The van der Waals surface area contributed by atoms with Crippen molar-refractivity contribution in [1.29, 1.82) is 0 Å². The fourth-order valence-corrected chi connectivity index (χ4v) is 3.43. The summed E-state index contributed by atoms with van der Waals surface area (Å²) in [5.74, 6) is -1.15. The Bertz CT molecular complexity index is 1300. The molecule has 5 nitrogen and oxygen atoms in total. The monoisotopic (exact) mass is 437 g/mol. The Kier molecular flexibility index (Phi) is 5.73. The second-order valence-corrected chi connectivity index (χ2v) is 7.08. The molecule has 0 radical (unpaired) electrons. The first-order chi connectivity index (χ1) is 15.0. The van der Waals surface area contributed by atoms with E-state index in [2.05, 4.69) is 5.32 Å². The van der Waals surface area contributed by atoms with Gasteiger partial charge in [0.1, 0.15) is 17.1 Å². The van der Waals surface area contributed by atoms with Gasteiger partial charge in [0.2, 0.25) is 5.78 Å². The summed E-state index contributed by atoms with van der Waals surface area (Å²) in [6.07, 6.45) is 0. The van der Waals surface area contributed by atoms with Gasteiger partial charge in [0.05, 0.1) is 17.3 Å². The minimum atomic E-state index is -0.565. The first-order valence-corrected chi connectivity index (χ1v) is 9.91. The Balaban J connectivity index is 1.75. The third kappa shape index (κ3) is 4.15. The lowest BCUT2D eigenvalue weighted by atomic mass is 10.1. The van der Waals surface area contributed by atoms with E-state index in [1.807, 2.05) is 6.92 Å². The van der Waals surface area contributed by atoms with Gasteiger partial charge in [-0.05, 0) is 55.5 Å². The van der Waals surface area contributed by atoms with Crippen LogP contribution in [0.3, 0.4) is 0 Å². The molecule has 1 N–H and O–H groups in total. The predicted octanol–water partition coefficient (Wildman–Crippen LogP) is 6.11. The molecule has 1 amide bonds. The van der Waals surface area contributed by atoms with Crippen LogP contribution in [-0.2, 0) is 0 Å². The summed E-state index contributed by atoms with van der Waals surface area (Å²) in [6.45, 7) is 2.27. The second-order valence-electron chi connectivity index (χ2n) is 6.67. The number of rotatable bonds is 6. The highest BCUT2D eigenvalue weighted by Crippen LogP contribution is 2.34. The number of benzene rings is 3. The van der Waals surface area contributed by atoms with Gasteiger partial charge in [-0.1, -0.05) is 29.8 Å². The summed E-state index contributed by atoms with van der Waals surface area (Å²) < 4.78 is 24.7. The lowest BCUT2D eigenvalue weighted by Crippen LogP contribution is -2.14. The van der Waals surface area contributed by atoms with Gasteiger partial charge >= 0.3 is 0 Å². The number of amides is 1. The SMILES string of the molecule is CCOc1ccc(C(=O)c2oc3ccccc3c2NC(=O)c2cccc(F)c2)cc1Cl. The van der Waals surface area contributed by atoms with E-state index in [9.17, 15) is 14.0 Å². The number of furan rings is 1. The fourth-order valence-electron chi connectivity index (χ4n) is 3.19. The number of hydrogen-bond acceptors (Lipinski definition) is 4. The molecule has 0 unspecified atom stereocenters. The van der Waals surface area contributed by atoms with Gasteiger partial charge in [-0.15, -0.1) is 0 Å². The third-order valence-electron chi connectivity index (χ3n) is 4.62. The van der Waals surface area contributed by atoms with E-state index >= 15 is 0 Å². The molecule has 7 heteroatoms. The van der Waals surface area contributed by atoms with Crippen LogP contribution in [0, 0.1) is 5.82 Å². The van der Waals surface area contributed by atoms with Gasteiger partial charge < -0.3 is 14.5 Å². The molecule has 0 saturated heterocycles. The van der Waals surface area contributed by atoms with Crippen LogP contribution in [0.1, 0.15) is 33.4 Å². The van der Waals surface area contributed by atoms with E-state index in [0.29, 0.717) is 23.3 Å². The van der Waals surface area contributed by atoms with E-state index in [4.69, 9.17) is 20.8 Å². The predicted molar refractivity (Wildman–Crippen MR) is 117 cm³/mol. The average molecular weight is 438 g/mol. The molecule has 0 fully saturated rings. The number of hydrogen-bond donors (Lipinski definition) is 1. The number of ketones is 1. The average Bonchev–Trinajstić information content (AvgIpc) is 3.13. The Hall–Kier alpha value is -3.64. The van der Waals surface area contributed by atoms with E-state index < -0.39 is 17.5 Å². The van der Waals surface area contributed by atoms with E-state index in [-0.39, 0.29) is 27.6 Å². The molecule has 4 aromatic rings. The van der Waals surface area contributed by atoms with Gasteiger partial charge in [-0.2, -0.15) is 0 Å². The van der Waals surface area contributed by atoms with Crippen molar-refractivity contribution >= 4 is 39.9 Å². The molecule has 0 aliphatic heterocycles. The zero-order valence-corrected chi connectivity index (χ0v) is 17.2. The molecule has 0 aliphatic carbocycles. The number of halogens is 2. The Morgan fingerprint density at radius 1 is 1.03 bits per heavy atom. The van der Waals surface area contributed by atoms with Crippen LogP contribution in [0.2, 0.25) is 5.02 Å². The van der Waals surface area contributed by atoms with Gasteiger partial charge in [0, 0.05) is 16.5 Å². The van der Waals surface area contributed by atoms with Crippen molar-refractivity contribution in [2.75, 3.05) is 11.9 Å². The summed E-state index contributed by atoms with van der Waals surface area (Å²) in [7, 11) is 0. The normalized spacial score (nSPS) is 10.8. The minimum absolute atomic E-state index is 0.0498. The number of nitrogens with one attached hydrogen (secondary N) is 1. The van der Waals surface area contributed by atoms with Crippen molar-refractivity contribution in [3.8, 4) is 5.75 Å². The van der Waals surface area contributed by atoms with Crippen molar-refractivity contribution in [3.05, 3.63) is 94.5 Å². The molecule has 156 valence electrons. The van der Waals surface area contributed by atoms with Crippen molar-refractivity contribution < 1.29 is 23.1 Å². The van der Waals surface area contributed by atoms with Crippen LogP contribution in [0.4, 0.5) is 10.1 Å². The lowest BCUT2D eigenvalue weighted by Gasteiger charge is -2.08. The first-order valence-electron chi connectivity index (χ1n) is 9.53. The largest absolute Gasteiger partial charge is 0.492 e. The van der Waals surface area contributed by atoms with E-state index in [0.717, 1.165) is 6.07 Å². The number of anilines is 1. The number of carbonyl (C=O) groups excluding carboxylic acids is 2. The number of ether oxygens (including phenoxy) is 1. The summed E-state index contributed by atoms with van der Waals surface area (Å²) in [6, 6.07) is 16.9. The van der Waals surface area contributed by atoms with Gasteiger partial charge in [-0.3, -0.25) is 9.59 Å². The van der Waals surface area contributed by atoms with Crippen LogP contribution in [0.25, 0.3) is 11.0 Å². The minimum Gasteiger partial charge on any atom is -0.492 e. The highest BCUT2D eigenvalue weighted by molar-refractivity contribution is 6.32. The molecule has 0 spiro atoms. The van der Waals surface area contributed by atoms with Crippen LogP contribution < -0.4 is 10.1 Å². The topological polar surface area (TPSA) is 68.5 Å². The summed E-state index contributed by atoms with van der Waals surface area (Å²) >= 11 is 6.22. The summed E-state index contributed by atoms with van der Waals surface area (Å²) in [5, 5.41) is 3.53. The number of carbonyl (C=O) groups is 2. The molecular formula is C24H17ClFNO4. The maximum Gasteiger partial charge on any atom is 0.255 e. The molecule has 3 aromatic carbocycles. The maximum atomic E-state index is 13.5. The van der Waals surface area contributed by atoms with Gasteiger partial charge in [0.15, 0.2) is 5.76 Å². The Morgan fingerprint density at radius 2 is 1.84 bits per heavy atom.